The number of aromatic nitrogens is 4. The molecule has 0 radical (unpaired) electrons. The molecule has 3 aromatic heterocycles. The molecule has 4 rings (SSSR count). The van der Waals surface area contributed by atoms with Crippen molar-refractivity contribution in [3.8, 4) is 17.1 Å². The second kappa shape index (κ2) is 9.56. The number of nitrogens with one attached hydrogen (secondary N) is 2. The van der Waals surface area contributed by atoms with Crippen molar-refractivity contribution in [1.29, 1.82) is 0 Å². The second-order valence-electron chi connectivity index (χ2n) is 8.43. The Balaban J connectivity index is 1.53. The Kier molecular flexibility index (Phi) is 6.56. The van der Waals surface area contributed by atoms with Gasteiger partial charge in [0, 0.05) is 24.1 Å². The van der Waals surface area contributed by atoms with Crippen LogP contribution in [0.15, 0.2) is 54.9 Å². The fraction of sp³-hybridized carbons (Fsp3) is 0.250. The minimum atomic E-state index is -0.535. The predicted molar refractivity (Wildman–Crippen MR) is 132 cm³/mol. The average Bonchev–Trinajstić information content (AvgIpc) is 3.13. The first kappa shape index (κ1) is 23.3. The van der Waals surface area contributed by atoms with Crippen LogP contribution in [0, 0.1) is 0 Å². The van der Waals surface area contributed by atoms with Gasteiger partial charge in [-0.05, 0) is 51.1 Å². The predicted octanol–water partition coefficient (Wildman–Crippen LogP) is 4.95. The number of anilines is 3. The highest BCUT2D eigenvalue weighted by Crippen LogP contribution is 2.31. The van der Waals surface area contributed by atoms with Crippen molar-refractivity contribution in [1.82, 2.24) is 19.4 Å². The Morgan fingerprint density at radius 3 is 2.74 bits per heavy atom. The molecule has 1 aromatic carbocycles. The van der Waals surface area contributed by atoms with Crippen molar-refractivity contribution < 1.29 is 14.3 Å². The zero-order valence-electron chi connectivity index (χ0n) is 19.3. The molecule has 0 fully saturated rings. The first-order valence-corrected chi connectivity index (χ1v) is 11.0. The molecule has 2 N–H and O–H groups in total. The lowest BCUT2D eigenvalue weighted by molar-refractivity contribution is -0.152. The fourth-order valence-corrected chi connectivity index (χ4v) is 3.60. The Labute approximate surface area is 202 Å². The van der Waals surface area contributed by atoms with Gasteiger partial charge in [-0.25, -0.2) is 15.0 Å². The molecule has 0 amide bonds. The maximum atomic E-state index is 12.0. The van der Waals surface area contributed by atoms with Gasteiger partial charge in [0.25, 0.3) is 0 Å². The van der Waals surface area contributed by atoms with Crippen molar-refractivity contribution in [3.63, 3.8) is 0 Å². The third-order valence-corrected chi connectivity index (χ3v) is 4.95. The molecule has 34 heavy (non-hydrogen) atoms. The molecule has 0 spiro atoms. The smallest absolute Gasteiger partial charge is 0.325 e. The minimum absolute atomic E-state index is 0.0401. The molecule has 0 aliphatic carbocycles. The maximum Gasteiger partial charge on any atom is 0.325 e. The summed E-state index contributed by atoms with van der Waals surface area (Å²) in [6.45, 7) is 5.52. The van der Waals surface area contributed by atoms with E-state index < -0.39 is 5.60 Å². The number of fused-ring (bicyclic) bond motifs is 1. The Bertz CT molecular complexity index is 1330. The number of carbonyl (C=O) groups excluding carboxylic acids is 1. The number of methoxy groups -OCH3 is 1. The summed E-state index contributed by atoms with van der Waals surface area (Å²) < 4.78 is 12.7. The maximum absolute atomic E-state index is 12.0. The summed E-state index contributed by atoms with van der Waals surface area (Å²) in [5.41, 5.74) is 2.86. The highest BCUT2D eigenvalue weighted by Gasteiger charge is 2.17. The van der Waals surface area contributed by atoms with Gasteiger partial charge in [-0.1, -0.05) is 17.7 Å². The number of rotatable bonds is 7. The van der Waals surface area contributed by atoms with Crippen molar-refractivity contribution in [3.05, 3.63) is 60.0 Å². The Hall–Kier alpha value is -3.85. The number of ether oxygens (including phenoxy) is 2. The van der Waals surface area contributed by atoms with E-state index in [0.29, 0.717) is 39.6 Å². The molecule has 10 heteroatoms. The quantitative estimate of drug-likeness (QED) is 0.358. The van der Waals surface area contributed by atoms with Gasteiger partial charge in [-0.15, -0.1) is 0 Å². The number of esters is 1. The van der Waals surface area contributed by atoms with Crippen molar-refractivity contribution in [2.45, 2.75) is 26.4 Å². The zero-order chi connectivity index (χ0) is 24.3. The molecule has 0 aliphatic rings. The summed E-state index contributed by atoms with van der Waals surface area (Å²) in [6, 6.07) is 12.9. The SMILES string of the molecule is COc1cc(NCC(=O)OC(C)(C)C)ccc1Nc1nccc(-c2c(Cl)nc3ccccn23)n1. The first-order valence-electron chi connectivity index (χ1n) is 10.6. The number of hydrogen-bond donors (Lipinski definition) is 2. The molecule has 0 bridgehead atoms. The summed E-state index contributed by atoms with van der Waals surface area (Å²) >= 11 is 6.39. The van der Waals surface area contributed by atoms with E-state index in [1.165, 1.54) is 0 Å². The third kappa shape index (κ3) is 5.37. The van der Waals surface area contributed by atoms with E-state index >= 15 is 0 Å². The number of nitrogens with zero attached hydrogens (tertiary/aromatic N) is 4. The van der Waals surface area contributed by atoms with E-state index in [2.05, 4.69) is 25.6 Å². The summed E-state index contributed by atoms with van der Waals surface area (Å²) in [7, 11) is 1.56. The molecule has 0 unspecified atom stereocenters. The lowest BCUT2D eigenvalue weighted by atomic mass is 10.2. The zero-order valence-corrected chi connectivity index (χ0v) is 20.1. The molecule has 176 valence electrons. The van der Waals surface area contributed by atoms with E-state index in [4.69, 9.17) is 21.1 Å². The van der Waals surface area contributed by atoms with Crippen LogP contribution in [-0.2, 0) is 9.53 Å². The van der Waals surface area contributed by atoms with Crippen LogP contribution in [0.3, 0.4) is 0 Å². The van der Waals surface area contributed by atoms with E-state index in [1.54, 1.807) is 25.4 Å². The van der Waals surface area contributed by atoms with Crippen LogP contribution >= 0.6 is 11.6 Å². The van der Waals surface area contributed by atoms with E-state index in [9.17, 15) is 4.79 Å². The number of pyridine rings is 1. The van der Waals surface area contributed by atoms with Gasteiger partial charge in [-0.2, -0.15) is 0 Å². The molecule has 0 saturated carbocycles. The minimum Gasteiger partial charge on any atom is -0.494 e. The summed E-state index contributed by atoms with van der Waals surface area (Å²) in [6.07, 6.45) is 3.53. The van der Waals surface area contributed by atoms with E-state index in [-0.39, 0.29) is 12.5 Å². The topological polar surface area (TPSA) is 103 Å². The van der Waals surface area contributed by atoms with Gasteiger partial charge in [-0.3, -0.25) is 9.20 Å². The molecule has 0 atom stereocenters. The number of halogens is 1. The molecule has 9 nitrogen and oxygen atoms in total. The van der Waals surface area contributed by atoms with E-state index in [0.717, 1.165) is 5.65 Å². The van der Waals surface area contributed by atoms with Crippen LogP contribution < -0.4 is 15.4 Å². The first-order chi connectivity index (χ1) is 16.2. The molecular weight excluding hydrogens is 456 g/mol. The van der Waals surface area contributed by atoms with Crippen LogP contribution in [0.1, 0.15) is 20.8 Å². The summed E-state index contributed by atoms with van der Waals surface area (Å²) in [5, 5.41) is 6.58. The number of benzene rings is 1. The normalized spacial score (nSPS) is 11.3. The highest BCUT2D eigenvalue weighted by molar-refractivity contribution is 6.32. The Morgan fingerprint density at radius 1 is 1.15 bits per heavy atom. The molecule has 0 aliphatic heterocycles. The Morgan fingerprint density at radius 2 is 1.97 bits per heavy atom. The number of carbonyl (C=O) groups is 1. The monoisotopic (exact) mass is 480 g/mol. The van der Waals surface area contributed by atoms with Crippen LogP contribution in [0.2, 0.25) is 5.15 Å². The second-order valence-corrected chi connectivity index (χ2v) is 8.78. The van der Waals surface area contributed by atoms with Crippen LogP contribution in [0.4, 0.5) is 17.3 Å². The van der Waals surface area contributed by atoms with Gasteiger partial charge >= 0.3 is 5.97 Å². The van der Waals surface area contributed by atoms with Gasteiger partial charge in [0.15, 0.2) is 5.15 Å². The molecular formula is C24H25ClN6O3. The average molecular weight is 481 g/mol. The summed E-state index contributed by atoms with van der Waals surface area (Å²) in [5.74, 6) is 0.577. The number of imidazole rings is 1. The van der Waals surface area contributed by atoms with Crippen molar-refractivity contribution in [2.75, 3.05) is 24.3 Å². The van der Waals surface area contributed by atoms with Gasteiger partial charge in [0.2, 0.25) is 5.95 Å². The standard InChI is InChI=1S/C24H25ClN6O3/c1-24(2,3)34-20(32)14-27-15-8-9-16(18(13-15)33-4)28-23-26-11-10-17(29-23)21-22(25)30-19-7-5-6-12-31(19)21/h5-13,27H,14H2,1-4H3,(H,26,28,29). The van der Waals surface area contributed by atoms with Gasteiger partial charge in [0.05, 0.1) is 18.5 Å². The van der Waals surface area contributed by atoms with Crippen LogP contribution in [-0.4, -0.2) is 44.6 Å². The van der Waals surface area contributed by atoms with Crippen LogP contribution in [0.5, 0.6) is 5.75 Å². The third-order valence-electron chi connectivity index (χ3n) is 4.69. The van der Waals surface area contributed by atoms with E-state index in [1.807, 2.05) is 61.7 Å². The highest BCUT2D eigenvalue weighted by atomic mass is 35.5. The molecule has 0 saturated heterocycles. The van der Waals surface area contributed by atoms with Crippen molar-refractivity contribution >= 4 is 40.5 Å². The van der Waals surface area contributed by atoms with Gasteiger partial charge < -0.3 is 20.1 Å². The van der Waals surface area contributed by atoms with Crippen LogP contribution in [0.25, 0.3) is 17.0 Å². The van der Waals surface area contributed by atoms with Gasteiger partial charge in [0.1, 0.15) is 29.2 Å². The molecule has 4 aromatic rings. The fourth-order valence-electron chi connectivity index (χ4n) is 3.32. The lowest BCUT2D eigenvalue weighted by Gasteiger charge is -2.20. The number of hydrogen-bond acceptors (Lipinski definition) is 8. The summed E-state index contributed by atoms with van der Waals surface area (Å²) in [4.78, 5) is 25.3. The largest absolute Gasteiger partial charge is 0.494 e. The lowest BCUT2D eigenvalue weighted by Crippen LogP contribution is -2.28. The molecule has 3 heterocycles. The van der Waals surface area contributed by atoms with Crippen molar-refractivity contribution in [2.24, 2.45) is 0 Å².